The lowest BCUT2D eigenvalue weighted by Crippen LogP contribution is -1.97. The second kappa shape index (κ2) is 5.33. The van der Waals surface area contributed by atoms with Crippen molar-refractivity contribution in [3.05, 3.63) is 35.4 Å². The van der Waals surface area contributed by atoms with E-state index < -0.39 is 0 Å². The molecule has 0 spiro atoms. The highest BCUT2D eigenvalue weighted by atomic mass is 32.2. The SMILES string of the molecule is CSCCc1ccccc1C(C)C. The lowest BCUT2D eigenvalue weighted by Gasteiger charge is -2.11. The first kappa shape index (κ1) is 10.6. The smallest absolute Gasteiger partial charge is 0.00297 e. The van der Waals surface area contributed by atoms with Crippen LogP contribution in [0, 0.1) is 0 Å². The number of benzene rings is 1. The van der Waals surface area contributed by atoms with E-state index in [0.717, 1.165) is 0 Å². The third-order valence-electron chi connectivity index (χ3n) is 2.25. The highest BCUT2D eigenvalue weighted by Gasteiger charge is 2.04. The van der Waals surface area contributed by atoms with Gasteiger partial charge in [0.1, 0.15) is 0 Å². The van der Waals surface area contributed by atoms with E-state index in [-0.39, 0.29) is 0 Å². The average Bonchev–Trinajstić information content (AvgIpc) is 2.15. The second-order valence-corrected chi connectivity index (χ2v) is 4.58. The number of rotatable bonds is 4. The molecule has 0 atom stereocenters. The van der Waals surface area contributed by atoms with Crippen molar-refractivity contribution in [3.63, 3.8) is 0 Å². The van der Waals surface area contributed by atoms with Gasteiger partial charge < -0.3 is 0 Å². The van der Waals surface area contributed by atoms with Crippen molar-refractivity contribution < 1.29 is 0 Å². The fourth-order valence-electron chi connectivity index (χ4n) is 1.54. The van der Waals surface area contributed by atoms with Crippen LogP contribution < -0.4 is 0 Å². The van der Waals surface area contributed by atoms with Crippen molar-refractivity contribution in [3.8, 4) is 0 Å². The van der Waals surface area contributed by atoms with Gasteiger partial charge in [0.2, 0.25) is 0 Å². The topological polar surface area (TPSA) is 0 Å². The number of thioether (sulfide) groups is 1. The molecule has 1 aromatic rings. The van der Waals surface area contributed by atoms with Crippen molar-refractivity contribution in [2.45, 2.75) is 26.2 Å². The summed E-state index contributed by atoms with van der Waals surface area (Å²) in [5, 5.41) is 0. The molecule has 0 saturated heterocycles. The average molecular weight is 194 g/mol. The maximum atomic E-state index is 2.26. The molecule has 0 aliphatic heterocycles. The van der Waals surface area contributed by atoms with E-state index in [4.69, 9.17) is 0 Å². The summed E-state index contributed by atoms with van der Waals surface area (Å²) in [6.45, 7) is 4.52. The summed E-state index contributed by atoms with van der Waals surface area (Å²) in [7, 11) is 0. The quantitative estimate of drug-likeness (QED) is 0.704. The number of aryl methyl sites for hydroxylation is 1. The molecule has 13 heavy (non-hydrogen) atoms. The van der Waals surface area contributed by atoms with Gasteiger partial charge in [0, 0.05) is 0 Å². The minimum atomic E-state index is 0.651. The normalized spacial score (nSPS) is 10.8. The van der Waals surface area contributed by atoms with E-state index in [1.165, 1.54) is 23.3 Å². The Morgan fingerprint density at radius 1 is 1.23 bits per heavy atom. The van der Waals surface area contributed by atoms with Gasteiger partial charge in [-0.2, -0.15) is 11.8 Å². The summed E-state index contributed by atoms with van der Waals surface area (Å²) in [5.74, 6) is 1.88. The first-order chi connectivity index (χ1) is 6.25. The van der Waals surface area contributed by atoms with E-state index in [0.29, 0.717) is 5.92 Å². The highest BCUT2D eigenvalue weighted by Crippen LogP contribution is 2.20. The number of hydrogen-bond donors (Lipinski definition) is 0. The molecule has 0 amide bonds. The Labute approximate surface area is 85.7 Å². The Hall–Kier alpha value is -0.430. The van der Waals surface area contributed by atoms with Gasteiger partial charge in [0.25, 0.3) is 0 Å². The maximum absolute atomic E-state index is 2.26. The molecule has 1 aromatic carbocycles. The van der Waals surface area contributed by atoms with Crippen LogP contribution in [0.1, 0.15) is 30.9 Å². The molecule has 0 unspecified atom stereocenters. The summed E-state index contributed by atoms with van der Waals surface area (Å²) in [5.41, 5.74) is 3.03. The van der Waals surface area contributed by atoms with E-state index in [1.807, 2.05) is 11.8 Å². The van der Waals surface area contributed by atoms with Gasteiger partial charge in [-0.1, -0.05) is 38.1 Å². The monoisotopic (exact) mass is 194 g/mol. The van der Waals surface area contributed by atoms with Crippen molar-refractivity contribution in [1.29, 1.82) is 0 Å². The minimum absolute atomic E-state index is 0.651. The lowest BCUT2D eigenvalue weighted by molar-refractivity contribution is 0.845. The van der Waals surface area contributed by atoms with Gasteiger partial charge in [-0.15, -0.1) is 0 Å². The van der Waals surface area contributed by atoms with E-state index in [2.05, 4.69) is 44.4 Å². The van der Waals surface area contributed by atoms with Crippen LogP contribution in [-0.4, -0.2) is 12.0 Å². The van der Waals surface area contributed by atoms with E-state index in [1.54, 1.807) is 0 Å². The second-order valence-electron chi connectivity index (χ2n) is 3.60. The zero-order valence-corrected chi connectivity index (χ0v) is 9.53. The van der Waals surface area contributed by atoms with Crippen molar-refractivity contribution in [2.24, 2.45) is 0 Å². The standard InChI is InChI=1S/C12H18S/c1-10(2)12-7-5-4-6-11(12)8-9-13-3/h4-7,10H,8-9H2,1-3H3. The first-order valence-electron chi connectivity index (χ1n) is 4.82. The molecule has 0 heterocycles. The molecule has 72 valence electrons. The van der Waals surface area contributed by atoms with Crippen LogP contribution in [-0.2, 0) is 6.42 Å². The summed E-state index contributed by atoms with van der Waals surface area (Å²) < 4.78 is 0. The van der Waals surface area contributed by atoms with Crippen LogP contribution in [0.25, 0.3) is 0 Å². The van der Waals surface area contributed by atoms with Gasteiger partial charge in [0.15, 0.2) is 0 Å². The molecule has 0 N–H and O–H groups in total. The first-order valence-corrected chi connectivity index (χ1v) is 6.22. The highest BCUT2D eigenvalue weighted by molar-refractivity contribution is 7.98. The third kappa shape index (κ3) is 3.07. The number of hydrogen-bond acceptors (Lipinski definition) is 1. The molecular weight excluding hydrogens is 176 g/mol. The van der Waals surface area contributed by atoms with Crippen LogP contribution in [0.3, 0.4) is 0 Å². The van der Waals surface area contributed by atoms with Gasteiger partial charge in [-0.05, 0) is 35.5 Å². The van der Waals surface area contributed by atoms with Crippen molar-refractivity contribution in [2.75, 3.05) is 12.0 Å². The molecule has 0 fully saturated rings. The largest absolute Gasteiger partial charge is 0.165 e. The molecule has 1 rings (SSSR count). The van der Waals surface area contributed by atoms with Crippen LogP contribution >= 0.6 is 11.8 Å². The van der Waals surface area contributed by atoms with Crippen LogP contribution in [0.2, 0.25) is 0 Å². The Kier molecular flexibility index (Phi) is 4.37. The summed E-state index contributed by atoms with van der Waals surface area (Å²) in [4.78, 5) is 0. The zero-order chi connectivity index (χ0) is 9.68. The van der Waals surface area contributed by atoms with Gasteiger partial charge in [-0.3, -0.25) is 0 Å². The van der Waals surface area contributed by atoms with E-state index in [9.17, 15) is 0 Å². The fraction of sp³-hybridized carbons (Fsp3) is 0.500. The maximum Gasteiger partial charge on any atom is -0.00297 e. The van der Waals surface area contributed by atoms with Gasteiger partial charge in [0.05, 0.1) is 0 Å². The third-order valence-corrected chi connectivity index (χ3v) is 2.86. The Morgan fingerprint density at radius 3 is 2.54 bits per heavy atom. The molecule has 0 nitrogen and oxygen atoms in total. The minimum Gasteiger partial charge on any atom is -0.165 e. The molecule has 0 aliphatic rings. The van der Waals surface area contributed by atoms with Crippen LogP contribution in [0.5, 0.6) is 0 Å². The molecular formula is C12H18S. The predicted octanol–water partition coefficient (Wildman–Crippen LogP) is 3.72. The Morgan fingerprint density at radius 2 is 1.92 bits per heavy atom. The molecule has 0 radical (unpaired) electrons. The zero-order valence-electron chi connectivity index (χ0n) is 8.71. The molecule has 0 bridgehead atoms. The van der Waals surface area contributed by atoms with Gasteiger partial charge in [-0.25, -0.2) is 0 Å². The lowest BCUT2D eigenvalue weighted by atomic mass is 9.96. The Bertz CT molecular complexity index is 253. The molecule has 0 saturated carbocycles. The predicted molar refractivity (Wildman–Crippen MR) is 62.6 cm³/mol. The van der Waals surface area contributed by atoms with Crippen LogP contribution in [0.15, 0.2) is 24.3 Å². The van der Waals surface area contributed by atoms with Gasteiger partial charge >= 0.3 is 0 Å². The summed E-state index contributed by atoms with van der Waals surface area (Å²) in [6, 6.07) is 8.78. The molecule has 1 heteroatoms. The summed E-state index contributed by atoms with van der Waals surface area (Å²) in [6.07, 6.45) is 3.37. The van der Waals surface area contributed by atoms with Crippen molar-refractivity contribution in [1.82, 2.24) is 0 Å². The van der Waals surface area contributed by atoms with E-state index >= 15 is 0 Å². The molecule has 0 aliphatic carbocycles. The fourth-order valence-corrected chi connectivity index (χ4v) is 1.96. The van der Waals surface area contributed by atoms with Crippen molar-refractivity contribution >= 4 is 11.8 Å². The summed E-state index contributed by atoms with van der Waals surface area (Å²) >= 11 is 1.92. The van der Waals surface area contributed by atoms with Crippen LogP contribution in [0.4, 0.5) is 0 Å². The Balaban J connectivity index is 2.78. The molecule has 0 aromatic heterocycles.